The van der Waals surface area contributed by atoms with E-state index in [0.717, 1.165) is 0 Å². The average Bonchev–Trinajstić information content (AvgIpc) is 2.39. The van der Waals surface area contributed by atoms with Crippen LogP contribution in [-0.2, 0) is 14.3 Å². The van der Waals surface area contributed by atoms with Gasteiger partial charge in [0.1, 0.15) is 23.4 Å². The Morgan fingerprint density at radius 1 is 1.44 bits per heavy atom. The molecule has 6 heteroatoms. The molecule has 0 aromatic carbocycles. The van der Waals surface area contributed by atoms with Crippen LogP contribution in [0, 0.1) is 17.2 Å². The fraction of sp³-hybridized carbons (Fsp3) is 0.583. The summed E-state index contributed by atoms with van der Waals surface area (Å²) in [5.74, 6) is -1.07. The Morgan fingerprint density at radius 3 is 2.67 bits per heavy atom. The molecule has 1 N–H and O–H groups in total. The number of ketones is 1. The van der Waals surface area contributed by atoms with E-state index >= 15 is 0 Å². The summed E-state index contributed by atoms with van der Waals surface area (Å²) < 4.78 is 5.21. The lowest BCUT2D eigenvalue weighted by atomic mass is 9.91. The van der Waals surface area contributed by atoms with Crippen LogP contribution >= 0.6 is 0 Å². The number of hydrogen-bond acceptors (Lipinski definition) is 5. The monoisotopic (exact) mass is 249 g/mol. The smallest absolute Gasteiger partial charge is 0.236 e. The first-order valence-electron chi connectivity index (χ1n) is 6.01. The van der Waals surface area contributed by atoms with Crippen molar-refractivity contribution in [2.24, 2.45) is 5.92 Å². The SMILES string of the molecule is CCC1C(=O)NC(N2CCOCC2)=C(C#N)C1=O. The molecule has 2 aliphatic rings. The minimum atomic E-state index is -0.732. The fourth-order valence-electron chi connectivity index (χ4n) is 2.18. The molecule has 0 spiro atoms. The number of carbonyl (C=O) groups excluding carboxylic acids is 2. The Morgan fingerprint density at radius 2 is 2.11 bits per heavy atom. The van der Waals surface area contributed by atoms with E-state index in [4.69, 9.17) is 10.00 Å². The van der Waals surface area contributed by atoms with E-state index in [9.17, 15) is 9.59 Å². The number of carbonyl (C=O) groups is 2. The van der Waals surface area contributed by atoms with Gasteiger partial charge >= 0.3 is 0 Å². The number of morpholine rings is 1. The molecular weight excluding hydrogens is 234 g/mol. The number of amides is 1. The molecule has 0 saturated carbocycles. The van der Waals surface area contributed by atoms with Crippen LogP contribution in [0.5, 0.6) is 0 Å². The van der Waals surface area contributed by atoms with Crippen molar-refractivity contribution in [2.45, 2.75) is 13.3 Å². The third kappa shape index (κ3) is 2.09. The summed E-state index contributed by atoms with van der Waals surface area (Å²) in [6.45, 7) is 3.97. The highest BCUT2D eigenvalue weighted by Crippen LogP contribution is 2.21. The first-order valence-corrected chi connectivity index (χ1v) is 6.01. The zero-order valence-corrected chi connectivity index (χ0v) is 10.2. The quantitative estimate of drug-likeness (QED) is 0.684. The van der Waals surface area contributed by atoms with Crippen LogP contribution < -0.4 is 5.32 Å². The molecule has 96 valence electrons. The predicted octanol–water partition coefficient (Wildman–Crippen LogP) is -0.221. The van der Waals surface area contributed by atoms with Crippen molar-refractivity contribution >= 4 is 11.7 Å². The van der Waals surface area contributed by atoms with E-state index in [0.29, 0.717) is 38.5 Å². The normalized spacial score (nSPS) is 24.9. The van der Waals surface area contributed by atoms with E-state index in [1.54, 1.807) is 6.92 Å². The minimum absolute atomic E-state index is 0.0587. The second-order valence-electron chi connectivity index (χ2n) is 4.25. The van der Waals surface area contributed by atoms with E-state index < -0.39 is 5.92 Å². The van der Waals surface area contributed by atoms with Gasteiger partial charge in [-0.2, -0.15) is 5.26 Å². The number of Topliss-reactive ketones (excluding diaryl/α,β-unsaturated/α-hetero) is 1. The van der Waals surface area contributed by atoms with Crippen LogP contribution in [0.25, 0.3) is 0 Å². The van der Waals surface area contributed by atoms with Gasteiger partial charge in [-0.3, -0.25) is 9.59 Å². The molecular formula is C12H15N3O3. The largest absolute Gasteiger partial charge is 0.378 e. The lowest BCUT2D eigenvalue weighted by Gasteiger charge is -2.34. The number of nitrogens with one attached hydrogen (secondary N) is 1. The predicted molar refractivity (Wildman–Crippen MR) is 62.0 cm³/mol. The summed E-state index contributed by atoms with van der Waals surface area (Å²) >= 11 is 0. The van der Waals surface area contributed by atoms with Gasteiger partial charge in [0, 0.05) is 13.1 Å². The van der Waals surface area contributed by atoms with Crippen molar-refractivity contribution < 1.29 is 14.3 Å². The Bertz CT molecular complexity index is 444. The van der Waals surface area contributed by atoms with Gasteiger partial charge in [-0.05, 0) is 6.42 Å². The van der Waals surface area contributed by atoms with Crippen LogP contribution in [0.1, 0.15) is 13.3 Å². The van der Waals surface area contributed by atoms with Gasteiger partial charge in [0.05, 0.1) is 13.2 Å². The van der Waals surface area contributed by atoms with E-state index in [2.05, 4.69) is 5.32 Å². The van der Waals surface area contributed by atoms with Crippen LogP contribution in [0.2, 0.25) is 0 Å². The third-order valence-corrected chi connectivity index (χ3v) is 3.21. The van der Waals surface area contributed by atoms with Crippen molar-refractivity contribution in [3.05, 3.63) is 11.4 Å². The molecule has 1 saturated heterocycles. The molecule has 1 unspecified atom stereocenters. The van der Waals surface area contributed by atoms with Gasteiger partial charge in [-0.1, -0.05) is 6.92 Å². The lowest BCUT2D eigenvalue weighted by molar-refractivity contribution is -0.133. The van der Waals surface area contributed by atoms with Gasteiger partial charge in [0.2, 0.25) is 5.91 Å². The molecule has 0 radical (unpaired) electrons. The molecule has 1 amide bonds. The number of nitrogens with zero attached hydrogens (tertiary/aromatic N) is 2. The van der Waals surface area contributed by atoms with Crippen LogP contribution in [0.15, 0.2) is 11.4 Å². The number of nitriles is 1. The summed E-state index contributed by atoms with van der Waals surface area (Å²) in [4.78, 5) is 25.7. The molecule has 6 nitrogen and oxygen atoms in total. The zero-order valence-electron chi connectivity index (χ0n) is 10.2. The standard InChI is InChI=1S/C12H15N3O3/c1-2-8-10(16)9(7-13)11(14-12(8)17)15-3-5-18-6-4-15/h8H,2-6H2,1H3,(H,14,17). The van der Waals surface area contributed by atoms with Gasteiger partial charge < -0.3 is 15.0 Å². The maximum absolute atomic E-state index is 12.1. The highest BCUT2D eigenvalue weighted by molar-refractivity contribution is 6.14. The molecule has 1 atom stereocenters. The minimum Gasteiger partial charge on any atom is -0.378 e. The second kappa shape index (κ2) is 5.19. The van der Waals surface area contributed by atoms with Gasteiger partial charge in [-0.15, -0.1) is 0 Å². The Labute approximate surface area is 105 Å². The summed E-state index contributed by atoms with van der Waals surface area (Å²) in [6, 6.07) is 1.92. The molecule has 2 heterocycles. The molecule has 0 aromatic heterocycles. The van der Waals surface area contributed by atoms with Crippen LogP contribution in [0.4, 0.5) is 0 Å². The summed E-state index contributed by atoms with van der Waals surface area (Å²) in [5, 5.41) is 11.8. The maximum atomic E-state index is 12.1. The van der Waals surface area contributed by atoms with Gasteiger partial charge in [0.25, 0.3) is 0 Å². The first kappa shape index (κ1) is 12.6. The Balaban J connectivity index is 2.33. The summed E-state index contributed by atoms with van der Waals surface area (Å²) in [6.07, 6.45) is 0.409. The van der Waals surface area contributed by atoms with Gasteiger partial charge in [0.15, 0.2) is 5.78 Å². The number of ether oxygens (including phenoxy) is 1. The van der Waals surface area contributed by atoms with Crippen molar-refractivity contribution in [2.75, 3.05) is 26.3 Å². The number of hydrogen-bond donors (Lipinski definition) is 1. The van der Waals surface area contributed by atoms with Crippen LogP contribution in [0.3, 0.4) is 0 Å². The molecule has 1 fully saturated rings. The van der Waals surface area contributed by atoms with Crippen molar-refractivity contribution in [1.29, 1.82) is 5.26 Å². The Kier molecular flexibility index (Phi) is 3.63. The lowest BCUT2D eigenvalue weighted by Crippen LogP contribution is -2.49. The zero-order chi connectivity index (χ0) is 13.1. The molecule has 0 aromatic rings. The molecule has 0 aliphatic carbocycles. The van der Waals surface area contributed by atoms with E-state index in [-0.39, 0.29) is 17.3 Å². The highest BCUT2D eigenvalue weighted by atomic mass is 16.5. The third-order valence-electron chi connectivity index (χ3n) is 3.21. The second-order valence-corrected chi connectivity index (χ2v) is 4.25. The average molecular weight is 249 g/mol. The van der Waals surface area contributed by atoms with E-state index in [1.807, 2.05) is 11.0 Å². The number of allylic oxidation sites excluding steroid dienone is 1. The van der Waals surface area contributed by atoms with E-state index in [1.165, 1.54) is 0 Å². The Hall–Kier alpha value is -1.87. The highest BCUT2D eigenvalue weighted by Gasteiger charge is 2.37. The van der Waals surface area contributed by atoms with Crippen molar-refractivity contribution in [1.82, 2.24) is 10.2 Å². The van der Waals surface area contributed by atoms with Crippen molar-refractivity contribution in [3.63, 3.8) is 0 Å². The molecule has 0 bridgehead atoms. The topological polar surface area (TPSA) is 82.4 Å². The summed E-state index contributed by atoms with van der Waals surface area (Å²) in [5.41, 5.74) is 0.0587. The summed E-state index contributed by atoms with van der Waals surface area (Å²) in [7, 11) is 0. The van der Waals surface area contributed by atoms with Gasteiger partial charge in [-0.25, -0.2) is 0 Å². The molecule has 18 heavy (non-hydrogen) atoms. The fourth-order valence-corrected chi connectivity index (χ4v) is 2.18. The maximum Gasteiger partial charge on any atom is 0.236 e. The van der Waals surface area contributed by atoms with Crippen LogP contribution in [-0.4, -0.2) is 42.9 Å². The molecule has 2 rings (SSSR count). The van der Waals surface area contributed by atoms with Crippen molar-refractivity contribution in [3.8, 4) is 6.07 Å². The first-order chi connectivity index (χ1) is 8.69. The molecule has 2 aliphatic heterocycles. The number of rotatable bonds is 2.